The van der Waals surface area contributed by atoms with Gasteiger partial charge in [-0.05, 0) is 52.7 Å². The maximum Gasteiger partial charge on any atom is 0.259 e. The fourth-order valence-electron chi connectivity index (χ4n) is 3.40. The summed E-state index contributed by atoms with van der Waals surface area (Å²) in [4.78, 5) is 19.3. The summed E-state index contributed by atoms with van der Waals surface area (Å²) in [6, 6.07) is 3.73. The Kier molecular flexibility index (Phi) is 5.51. The highest BCUT2D eigenvalue weighted by molar-refractivity contribution is 5.96. The van der Waals surface area contributed by atoms with Crippen molar-refractivity contribution in [3.05, 3.63) is 41.9 Å². The summed E-state index contributed by atoms with van der Waals surface area (Å²) in [5.41, 5.74) is 0.326. The monoisotopic (exact) mass is 372 g/mol. The molecular weight excluding hydrogens is 344 g/mol. The predicted molar refractivity (Wildman–Crippen MR) is 102 cm³/mol. The SMILES string of the molecule is CCOc1ncccc1C(=O)N1C[C@H](n2cc(C(C)(C)O)cn2)CC[C@H]1C. The summed E-state index contributed by atoms with van der Waals surface area (Å²) in [5, 5.41) is 14.6. The fraction of sp³-hybridized carbons (Fsp3) is 0.550. The maximum atomic E-state index is 13.2. The Morgan fingerprint density at radius 1 is 1.41 bits per heavy atom. The molecule has 7 nitrogen and oxygen atoms in total. The Hall–Kier alpha value is -2.41. The lowest BCUT2D eigenvalue weighted by molar-refractivity contribution is 0.0552. The van der Waals surface area contributed by atoms with Gasteiger partial charge in [-0.25, -0.2) is 4.98 Å². The number of carbonyl (C=O) groups is 1. The summed E-state index contributed by atoms with van der Waals surface area (Å²) < 4.78 is 7.40. The van der Waals surface area contributed by atoms with Gasteiger partial charge in [0.2, 0.25) is 5.88 Å². The number of aromatic nitrogens is 3. The van der Waals surface area contributed by atoms with Crippen LogP contribution in [0.3, 0.4) is 0 Å². The van der Waals surface area contributed by atoms with E-state index in [0.29, 0.717) is 24.6 Å². The van der Waals surface area contributed by atoms with Crippen LogP contribution in [0.2, 0.25) is 0 Å². The van der Waals surface area contributed by atoms with Crippen LogP contribution in [0.1, 0.15) is 62.5 Å². The molecule has 1 amide bonds. The number of carbonyl (C=O) groups excluding carboxylic acids is 1. The minimum Gasteiger partial charge on any atom is -0.477 e. The normalized spacial score (nSPS) is 20.6. The topological polar surface area (TPSA) is 80.5 Å². The first kappa shape index (κ1) is 19.4. The zero-order valence-electron chi connectivity index (χ0n) is 16.4. The van der Waals surface area contributed by atoms with Crippen LogP contribution in [-0.4, -0.2) is 49.9 Å². The van der Waals surface area contributed by atoms with Gasteiger partial charge in [0.25, 0.3) is 5.91 Å². The number of amides is 1. The quantitative estimate of drug-likeness (QED) is 0.873. The summed E-state index contributed by atoms with van der Waals surface area (Å²) in [6.45, 7) is 8.45. The highest BCUT2D eigenvalue weighted by Crippen LogP contribution is 2.29. The molecule has 1 aliphatic rings. The number of rotatable bonds is 5. The van der Waals surface area contributed by atoms with E-state index >= 15 is 0 Å². The van der Waals surface area contributed by atoms with Crippen molar-refractivity contribution in [1.29, 1.82) is 0 Å². The standard InChI is InChI=1S/C20H28N4O3/c1-5-27-18-17(7-6-10-21-18)19(25)23-13-16(9-8-14(23)2)24-12-15(11-22-24)20(3,4)26/h6-7,10-12,14,16,26H,5,8-9,13H2,1-4H3/t14-,16-/m1/s1. The van der Waals surface area contributed by atoms with Crippen LogP contribution < -0.4 is 4.74 Å². The molecule has 2 atom stereocenters. The molecule has 2 aromatic heterocycles. The number of aliphatic hydroxyl groups is 1. The number of piperidine rings is 1. The minimum atomic E-state index is -0.933. The Balaban J connectivity index is 1.81. The first-order valence-corrected chi connectivity index (χ1v) is 9.47. The zero-order chi connectivity index (χ0) is 19.6. The van der Waals surface area contributed by atoms with E-state index in [0.717, 1.165) is 18.4 Å². The van der Waals surface area contributed by atoms with Crippen molar-refractivity contribution in [3.63, 3.8) is 0 Å². The van der Waals surface area contributed by atoms with Gasteiger partial charge in [0.1, 0.15) is 5.56 Å². The first-order chi connectivity index (χ1) is 12.8. The average molecular weight is 372 g/mol. The molecule has 7 heteroatoms. The van der Waals surface area contributed by atoms with E-state index in [1.807, 2.05) is 22.7 Å². The third-order valence-corrected chi connectivity index (χ3v) is 5.08. The molecule has 3 heterocycles. The Morgan fingerprint density at radius 2 is 2.19 bits per heavy atom. The van der Waals surface area contributed by atoms with Gasteiger partial charge in [0.15, 0.2) is 0 Å². The molecule has 1 saturated heterocycles. The average Bonchev–Trinajstić information content (AvgIpc) is 3.13. The van der Waals surface area contributed by atoms with E-state index < -0.39 is 5.60 Å². The Bertz CT molecular complexity index is 797. The zero-order valence-corrected chi connectivity index (χ0v) is 16.4. The summed E-state index contributed by atoms with van der Waals surface area (Å²) in [6.07, 6.45) is 7.02. The smallest absolute Gasteiger partial charge is 0.259 e. The van der Waals surface area contributed by atoms with Crippen LogP contribution in [0, 0.1) is 0 Å². The lowest BCUT2D eigenvalue weighted by Crippen LogP contribution is -2.46. The van der Waals surface area contributed by atoms with Crippen LogP contribution in [-0.2, 0) is 5.60 Å². The molecule has 1 N–H and O–H groups in total. The summed E-state index contributed by atoms with van der Waals surface area (Å²) in [7, 11) is 0. The number of nitrogens with zero attached hydrogens (tertiary/aromatic N) is 4. The van der Waals surface area contributed by atoms with Gasteiger partial charge >= 0.3 is 0 Å². The van der Waals surface area contributed by atoms with Crippen LogP contribution in [0.15, 0.2) is 30.7 Å². The molecule has 0 unspecified atom stereocenters. The molecule has 0 radical (unpaired) electrons. The third-order valence-electron chi connectivity index (χ3n) is 5.08. The summed E-state index contributed by atoms with van der Waals surface area (Å²) in [5.74, 6) is 0.307. The number of hydrogen-bond donors (Lipinski definition) is 1. The molecule has 0 spiro atoms. The van der Waals surface area contributed by atoms with Crippen LogP contribution in [0.4, 0.5) is 0 Å². The molecule has 0 aromatic carbocycles. The fourth-order valence-corrected chi connectivity index (χ4v) is 3.40. The second kappa shape index (κ2) is 7.68. The molecule has 0 bridgehead atoms. The van der Waals surface area contributed by atoms with E-state index in [1.54, 1.807) is 38.4 Å². The van der Waals surface area contributed by atoms with E-state index in [-0.39, 0.29) is 18.0 Å². The molecule has 0 saturated carbocycles. The Labute approximate surface area is 160 Å². The third kappa shape index (κ3) is 4.13. The van der Waals surface area contributed by atoms with Gasteiger partial charge in [-0.15, -0.1) is 0 Å². The molecule has 2 aromatic rings. The van der Waals surface area contributed by atoms with Gasteiger partial charge in [0.05, 0.1) is 24.4 Å². The lowest BCUT2D eigenvalue weighted by atomic mass is 9.98. The van der Waals surface area contributed by atoms with Crippen LogP contribution in [0.25, 0.3) is 0 Å². The molecule has 1 fully saturated rings. The van der Waals surface area contributed by atoms with Crippen LogP contribution >= 0.6 is 0 Å². The van der Waals surface area contributed by atoms with E-state index in [9.17, 15) is 9.90 Å². The second-order valence-corrected chi connectivity index (χ2v) is 7.59. The van der Waals surface area contributed by atoms with Crippen molar-refractivity contribution in [2.24, 2.45) is 0 Å². The van der Waals surface area contributed by atoms with E-state index in [2.05, 4.69) is 17.0 Å². The maximum absolute atomic E-state index is 13.2. The van der Waals surface area contributed by atoms with E-state index in [4.69, 9.17) is 4.74 Å². The predicted octanol–water partition coefficient (Wildman–Crippen LogP) is 2.77. The number of ether oxygens (including phenoxy) is 1. The second-order valence-electron chi connectivity index (χ2n) is 7.59. The van der Waals surface area contributed by atoms with Gasteiger partial charge < -0.3 is 14.7 Å². The molecule has 0 aliphatic carbocycles. The first-order valence-electron chi connectivity index (χ1n) is 9.47. The van der Waals surface area contributed by atoms with Crippen LogP contribution in [0.5, 0.6) is 5.88 Å². The highest BCUT2D eigenvalue weighted by atomic mass is 16.5. The van der Waals surface area contributed by atoms with Gasteiger partial charge in [-0.2, -0.15) is 5.10 Å². The molecule has 27 heavy (non-hydrogen) atoms. The van der Waals surface area contributed by atoms with E-state index in [1.165, 1.54) is 0 Å². The number of likely N-dealkylation sites (tertiary alicyclic amines) is 1. The number of pyridine rings is 1. The molecule has 1 aliphatic heterocycles. The van der Waals surface area contributed by atoms with Crippen molar-refractivity contribution in [3.8, 4) is 5.88 Å². The molecule has 3 rings (SSSR count). The van der Waals surface area contributed by atoms with Crippen molar-refractivity contribution in [1.82, 2.24) is 19.7 Å². The lowest BCUT2D eigenvalue weighted by Gasteiger charge is -2.38. The molecular formula is C20H28N4O3. The van der Waals surface area contributed by atoms with Crippen molar-refractivity contribution in [2.75, 3.05) is 13.2 Å². The van der Waals surface area contributed by atoms with Gasteiger partial charge in [-0.1, -0.05) is 0 Å². The highest BCUT2D eigenvalue weighted by Gasteiger charge is 2.32. The van der Waals surface area contributed by atoms with Crippen molar-refractivity contribution in [2.45, 2.75) is 58.2 Å². The minimum absolute atomic E-state index is 0.0707. The van der Waals surface area contributed by atoms with Gasteiger partial charge in [-0.3, -0.25) is 9.48 Å². The Morgan fingerprint density at radius 3 is 2.85 bits per heavy atom. The molecule has 146 valence electrons. The largest absolute Gasteiger partial charge is 0.477 e. The number of hydrogen-bond acceptors (Lipinski definition) is 5. The van der Waals surface area contributed by atoms with Crippen molar-refractivity contribution < 1.29 is 14.6 Å². The summed E-state index contributed by atoms with van der Waals surface area (Å²) >= 11 is 0. The van der Waals surface area contributed by atoms with Gasteiger partial charge in [0, 0.05) is 30.5 Å². The van der Waals surface area contributed by atoms with Crippen molar-refractivity contribution >= 4 is 5.91 Å².